The van der Waals surface area contributed by atoms with Crippen LogP contribution < -0.4 is 0 Å². The van der Waals surface area contributed by atoms with E-state index in [2.05, 4.69) is 78.0 Å². The van der Waals surface area contributed by atoms with E-state index in [-0.39, 0.29) is 0 Å². The van der Waals surface area contributed by atoms with Gasteiger partial charge in [-0.2, -0.15) is 0 Å². The van der Waals surface area contributed by atoms with Crippen molar-refractivity contribution in [3.05, 3.63) is 60.7 Å². The number of hydrogen-bond donors (Lipinski definition) is 0. The standard InChI is InChI=1S/C20H19N3/c1-13(2)14-5-4-6-15(9-14)17-10-19-18(11-21-12-22-19)16-7-8-23(3)20(16)17/h4-13H,1-3H3. The van der Waals surface area contributed by atoms with Gasteiger partial charge in [0.05, 0.1) is 11.0 Å². The highest BCUT2D eigenvalue weighted by Gasteiger charge is 2.13. The maximum atomic E-state index is 4.46. The van der Waals surface area contributed by atoms with Crippen molar-refractivity contribution in [1.29, 1.82) is 0 Å². The number of fused-ring (bicyclic) bond motifs is 3. The summed E-state index contributed by atoms with van der Waals surface area (Å²) in [5.74, 6) is 0.515. The Bertz CT molecular complexity index is 1010. The Labute approximate surface area is 135 Å². The SMILES string of the molecule is CC(C)c1cccc(-c2cc3ncncc3c3ccn(C)c23)c1. The Hall–Kier alpha value is -2.68. The number of benzene rings is 2. The molecule has 2 aromatic carbocycles. The Morgan fingerprint density at radius 2 is 1.91 bits per heavy atom. The fourth-order valence-electron chi connectivity index (χ4n) is 3.23. The van der Waals surface area contributed by atoms with Crippen LogP contribution in [0.2, 0.25) is 0 Å². The summed E-state index contributed by atoms with van der Waals surface area (Å²) >= 11 is 0. The van der Waals surface area contributed by atoms with Crippen LogP contribution in [0.3, 0.4) is 0 Å². The third-order valence-corrected chi connectivity index (χ3v) is 4.51. The second-order valence-corrected chi connectivity index (χ2v) is 6.35. The van der Waals surface area contributed by atoms with Crippen molar-refractivity contribution in [2.24, 2.45) is 7.05 Å². The molecule has 0 saturated heterocycles. The van der Waals surface area contributed by atoms with E-state index in [0.29, 0.717) is 5.92 Å². The topological polar surface area (TPSA) is 30.7 Å². The average molecular weight is 301 g/mol. The first-order valence-corrected chi connectivity index (χ1v) is 7.93. The van der Waals surface area contributed by atoms with Gasteiger partial charge in [0, 0.05) is 35.8 Å². The third-order valence-electron chi connectivity index (χ3n) is 4.51. The summed E-state index contributed by atoms with van der Waals surface area (Å²) in [5, 5.41) is 2.31. The molecule has 0 amide bonds. The summed E-state index contributed by atoms with van der Waals surface area (Å²) in [6.45, 7) is 4.45. The molecule has 114 valence electrons. The predicted octanol–water partition coefficient (Wildman–Crippen LogP) is 4.91. The van der Waals surface area contributed by atoms with E-state index in [9.17, 15) is 0 Å². The molecule has 4 aromatic rings. The first kappa shape index (κ1) is 13.9. The zero-order valence-corrected chi connectivity index (χ0v) is 13.6. The number of rotatable bonds is 2. The summed E-state index contributed by atoms with van der Waals surface area (Å²) < 4.78 is 2.18. The molecule has 0 aliphatic heterocycles. The van der Waals surface area contributed by atoms with Crippen molar-refractivity contribution in [2.45, 2.75) is 19.8 Å². The number of nitrogens with zero attached hydrogens (tertiary/aromatic N) is 3. The predicted molar refractivity (Wildman–Crippen MR) is 95.5 cm³/mol. The van der Waals surface area contributed by atoms with Gasteiger partial charge in [-0.25, -0.2) is 9.97 Å². The number of aromatic nitrogens is 3. The second kappa shape index (κ2) is 5.20. The fraction of sp³-hybridized carbons (Fsp3) is 0.200. The second-order valence-electron chi connectivity index (χ2n) is 6.35. The molecule has 0 atom stereocenters. The smallest absolute Gasteiger partial charge is 0.116 e. The third kappa shape index (κ3) is 2.20. The van der Waals surface area contributed by atoms with Crippen molar-refractivity contribution in [3.63, 3.8) is 0 Å². The van der Waals surface area contributed by atoms with E-state index in [0.717, 1.165) is 10.9 Å². The molecule has 2 heterocycles. The van der Waals surface area contributed by atoms with Crippen LogP contribution in [0, 0.1) is 0 Å². The van der Waals surface area contributed by atoms with Crippen LogP contribution >= 0.6 is 0 Å². The summed E-state index contributed by atoms with van der Waals surface area (Å²) in [5.41, 5.74) is 6.04. The molecule has 0 aliphatic carbocycles. The quantitative estimate of drug-likeness (QED) is 0.526. The van der Waals surface area contributed by atoms with E-state index < -0.39 is 0 Å². The van der Waals surface area contributed by atoms with Gasteiger partial charge < -0.3 is 4.57 Å². The molecule has 0 fully saturated rings. The zero-order chi connectivity index (χ0) is 16.0. The van der Waals surface area contributed by atoms with Crippen LogP contribution in [-0.2, 0) is 7.05 Å². The highest BCUT2D eigenvalue weighted by molar-refractivity contribution is 6.11. The molecule has 3 heteroatoms. The first-order chi connectivity index (χ1) is 11.1. The molecule has 0 unspecified atom stereocenters. The van der Waals surface area contributed by atoms with Crippen molar-refractivity contribution in [2.75, 3.05) is 0 Å². The molecular weight excluding hydrogens is 282 g/mol. The van der Waals surface area contributed by atoms with Crippen molar-refractivity contribution < 1.29 is 0 Å². The van der Waals surface area contributed by atoms with E-state index >= 15 is 0 Å². The lowest BCUT2D eigenvalue weighted by molar-refractivity contribution is 0.867. The minimum atomic E-state index is 0.515. The lowest BCUT2D eigenvalue weighted by atomic mass is 9.95. The molecule has 23 heavy (non-hydrogen) atoms. The Morgan fingerprint density at radius 3 is 2.74 bits per heavy atom. The summed E-state index contributed by atoms with van der Waals surface area (Å²) in [6.07, 6.45) is 5.62. The Balaban J connectivity index is 2.09. The van der Waals surface area contributed by atoms with E-state index in [1.807, 2.05) is 6.20 Å². The molecule has 3 nitrogen and oxygen atoms in total. The van der Waals surface area contributed by atoms with Gasteiger partial charge in [-0.3, -0.25) is 0 Å². The lowest BCUT2D eigenvalue weighted by Gasteiger charge is -2.12. The average Bonchev–Trinajstić information content (AvgIpc) is 2.96. The van der Waals surface area contributed by atoms with Gasteiger partial charge in [0.1, 0.15) is 6.33 Å². The highest BCUT2D eigenvalue weighted by Crippen LogP contribution is 2.35. The van der Waals surface area contributed by atoms with E-state index in [1.165, 1.54) is 27.6 Å². The Morgan fingerprint density at radius 1 is 1.04 bits per heavy atom. The maximum absolute atomic E-state index is 4.46. The van der Waals surface area contributed by atoms with E-state index in [1.54, 1.807) is 6.33 Å². The van der Waals surface area contributed by atoms with Crippen LogP contribution in [0.1, 0.15) is 25.3 Å². The normalized spacial score (nSPS) is 11.7. The van der Waals surface area contributed by atoms with Crippen LogP contribution in [-0.4, -0.2) is 14.5 Å². The molecule has 2 aromatic heterocycles. The van der Waals surface area contributed by atoms with Crippen LogP contribution in [0.5, 0.6) is 0 Å². The van der Waals surface area contributed by atoms with Gasteiger partial charge in [0.15, 0.2) is 0 Å². The molecule has 0 aliphatic rings. The summed E-state index contributed by atoms with van der Waals surface area (Å²) in [4.78, 5) is 8.66. The zero-order valence-electron chi connectivity index (χ0n) is 13.6. The summed E-state index contributed by atoms with van der Waals surface area (Å²) in [7, 11) is 2.09. The van der Waals surface area contributed by atoms with Gasteiger partial charge in [0.25, 0.3) is 0 Å². The lowest BCUT2D eigenvalue weighted by Crippen LogP contribution is -1.93. The van der Waals surface area contributed by atoms with Gasteiger partial charge in [-0.1, -0.05) is 38.1 Å². The molecule has 4 rings (SSSR count). The van der Waals surface area contributed by atoms with Gasteiger partial charge in [-0.15, -0.1) is 0 Å². The molecule has 0 spiro atoms. The highest BCUT2D eigenvalue weighted by atomic mass is 14.9. The molecule has 0 saturated carbocycles. The number of hydrogen-bond acceptors (Lipinski definition) is 2. The summed E-state index contributed by atoms with van der Waals surface area (Å²) in [6, 6.07) is 13.1. The molecular formula is C20H19N3. The van der Waals surface area contributed by atoms with Crippen molar-refractivity contribution >= 4 is 21.8 Å². The first-order valence-electron chi connectivity index (χ1n) is 7.93. The molecule has 0 radical (unpaired) electrons. The van der Waals surface area contributed by atoms with Gasteiger partial charge in [-0.05, 0) is 29.2 Å². The van der Waals surface area contributed by atoms with Gasteiger partial charge >= 0.3 is 0 Å². The van der Waals surface area contributed by atoms with Crippen LogP contribution in [0.4, 0.5) is 0 Å². The van der Waals surface area contributed by atoms with Gasteiger partial charge in [0.2, 0.25) is 0 Å². The molecule has 0 bridgehead atoms. The monoisotopic (exact) mass is 301 g/mol. The maximum Gasteiger partial charge on any atom is 0.116 e. The van der Waals surface area contributed by atoms with Crippen molar-refractivity contribution in [3.8, 4) is 11.1 Å². The Kier molecular flexibility index (Phi) is 3.15. The van der Waals surface area contributed by atoms with E-state index in [4.69, 9.17) is 0 Å². The largest absolute Gasteiger partial charge is 0.350 e. The number of aryl methyl sites for hydroxylation is 1. The minimum Gasteiger partial charge on any atom is -0.350 e. The van der Waals surface area contributed by atoms with Crippen LogP contribution in [0.15, 0.2) is 55.1 Å². The fourth-order valence-corrected chi connectivity index (χ4v) is 3.23. The minimum absolute atomic E-state index is 0.515. The molecule has 0 N–H and O–H groups in total. The van der Waals surface area contributed by atoms with Crippen molar-refractivity contribution in [1.82, 2.24) is 14.5 Å². The van der Waals surface area contributed by atoms with Crippen LogP contribution in [0.25, 0.3) is 32.9 Å².